The maximum atomic E-state index is 13.0. The van der Waals surface area contributed by atoms with Gasteiger partial charge in [0.1, 0.15) is 13.2 Å². The molecular weight excluding hydrogens is 997 g/mol. The average molecular weight is 1140 g/mol. The zero-order valence-electron chi connectivity index (χ0n) is 54.8. The van der Waals surface area contributed by atoms with E-state index in [9.17, 15) is 14.4 Å². The van der Waals surface area contributed by atoms with Gasteiger partial charge < -0.3 is 14.2 Å². The Morgan fingerprint density at radius 3 is 0.691 bits per heavy atom. The van der Waals surface area contributed by atoms with Gasteiger partial charge in [-0.05, 0) is 77.0 Å². The monoisotopic (exact) mass is 1140 g/mol. The highest BCUT2D eigenvalue weighted by Crippen LogP contribution is 2.19. The van der Waals surface area contributed by atoms with Gasteiger partial charge in [-0.2, -0.15) is 0 Å². The number of hydrogen-bond donors (Lipinski definition) is 0. The second-order valence-corrected chi connectivity index (χ2v) is 24.9. The molecule has 0 N–H and O–H groups in total. The zero-order chi connectivity index (χ0) is 58.5. The Bertz CT molecular complexity index is 1350. The minimum Gasteiger partial charge on any atom is -0.462 e. The molecule has 0 saturated carbocycles. The highest BCUT2D eigenvalue weighted by atomic mass is 16.6. The molecule has 0 spiro atoms. The molecule has 0 fully saturated rings. The Kier molecular flexibility index (Phi) is 68.1. The van der Waals surface area contributed by atoms with E-state index in [1.54, 1.807) is 0 Å². The maximum Gasteiger partial charge on any atom is 0.306 e. The number of ether oxygens (including phenoxy) is 3. The predicted molar refractivity (Wildman–Crippen MR) is 353 cm³/mol. The first-order chi connectivity index (χ1) is 40.0. The molecular formula is C75H140O6. The number of rotatable bonds is 68. The Balaban J connectivity index is 4.29. The molecule has 0 aliphatic carbocycles. The average Bonchev–Trinajstić information content (AvgIpc) is 3.47. The van der Waals surface area contributed by atoms with Crippen molar-refractivity contribution in [2.45, 2.75) is 412 Å². The van der Waals surface area contributed by atoms with Crippen LogP contribution in [0.15, 0.2) is 36.5 Å². The molecule has 476 valence electrons. The molecule has 1 unspecified atom stereocenters. The van der Waals surface area contributed by atoms with Gasteiger partial charge in [0.15, 0.2) is 6.10 Å². The lowest BCUT2D eigenvalue weighted by Gasteiger charge is -2.18. The van der Waals surface area contributed by atoms with Crippen LogP contribution in [-0.4, -0.2) is 37.2 Å². The highest BCUT2D eigenvalue weighted by molar-refractivity contribution is 5.71. The third-order valence-corrected chi connectivity index (χ3v) is 16.6. The first kappa shape index (κ1) is 78.6. The minimum absolute atomic E-state index is 0.0703. The van der Waals surface area contributed by atoms with Crippen LogP contribution in [0.5, 0.6) is 0 Å². The Hall–Kier alpha value is -2.37. The van der Waals surface area contributed by atoms with E-state index in [1.807, 2.05) is 0 Å². The van der Waals surface area contributed by atoms with Crippen LogP contribution in [-0.2, 0) is 28.6 Å². The summed E-state index contributed by atoms with van der Waals surface area (Å²) >= 11 is 0. The van der Waals surface area contributed by atoms with Gasteiger partial charge >= 0.3 is 17.9 Å². The fourth-order valence-corrected chi connectivity index (χ4v) is 11.1. The van der Waals surface area contributed by atoms with Crippen molar-refractivity contribution >= 4 is 17.9 Å². The molecule has 6 heteroatoms. The predicted octanol–water partition coefficient (Wildman–Crippen LogP) is 25.1. The van der Waals surface area contributed by atoms with Crippen LogP contribution < -0.4 is 0 Å². The van der Waals surface area contributed by atoms with Crippen LogP contribution in [0.2, 0.25) is 0 Å². The summed E-state index contributed by atoms with van der Waals surface area (Å²) in [5.41, 5.74) is 0. The third kappa shape index (κ3) is 68.3. The summed E-state index contributed by atoms with van der Waals surface area (Å²) in [6, 6.07) is 0. The highest BCUT2D eigenvalue weighted by Gasteiger charge is 2.19. The minimum atomic E-state index is -0.776. The molecule has 0 amide bonds. The topological polar surface area (TPSA) is 78.9 Å². The lowest BCUT2D eigenvalue weighted by atomic mass is 10.0. The van der Waals surface area contributed by atoms with Crippen molar-refractivity contribution in [3.05, 3.63) is 36.5 Å². The van der Waals surface area contributed by atoms with Gasteiger partial charge in [-0.25, -0.2) is 0 Å². The summed E-state index contributed by atoms with van der Waals surface area (Å²) < 4.78 is 17.0. The summed E-state index contributed by atoms with van der Waals surface area (Å²) in [5.74, 6) is -0.848. The van der Waals surface area contributed by atoms with E-state index in [2.05, 4.69) is 57.2 Å². The van der Waals surface area contributed by atoms with Crippen LogP contribution in [0.1, 0.15) is 406 Å². The van der Waals surface area contributed by atoms with Gasteiger partial charge in [-0.1, -0.05) is 346 Å². The van der Waals surface area contributed by atoms with Crippen molar-refractivity contribution in [2.24, 2.45) is 0 Å². The van der Waals surface area contributed by atoms with Crippen molar-refractivity contribution in [1.29, 1.82) is 0 Å². The summed E-state index contributed by atoms with van der Waals surface area (Å²) in [7, 11) is 0. The fourth-order valence-electron chi connectivity index (χ4n) is 11.1. The smallest absolute Gasteiger partial charge is 0.306 e. The first-order valence-electron chi connectivity index (χ1n) is 36.5. The molecule has 0 saturated heterocycles. The molecule has 0 rings (SSSR count). The van der Waals surface area contributed by atoms with Crippen molar-refractivity contribution < 1.29 is 28.6 Å². The van der Waals surface area contributed by atoms with Crippen molar-refractivity contribution in [2.75, 3.05) is 13.2 Å². The fraction of sp³-hybridized carbons (Fsp3) is 0.880. The van der Waals surface area contributed by atoms with Gasteiger partial charge in [0, 0.05) is 19.3 Å². The summed E-state index contributed by atoms with van der Waals surface area (Å²) in [4.78, 5) is 38.5. The van der Waals surface area contributed by atoms with E-state index in [0.29, 0.717) is 19.3 Å². The van der Waals surface area contributed by atoms with E-state index < -0.39 is 6.10 Å². The second-order valence-electron chi connectivity index (χ2n) is 24.9. The summed E-state index contributed by atoms with van der Waals surface area (Å²) in [6.45, 7) is 6.70. The van der Waals surface area contributed by atoms with Crippen LogP contribution >= 0.6 is 0 Å². The zero-order valence-corrected chi connectivity index (χ0v) is 54.8. The van der Waals surface area contributed by atoms with Crippen molar-refractivity contribution in [3.63, 3.8) is 0 Å². The standard InChI is InChI=1S/C75H140O6/c1-4-7-10-13-16-19-22-25-28-31-33-35-36-37-38-40-41-44-47-50-53-56-59-62-65-68-74(77)80-71-72(70-79-73(76)67-64-61-58-55-52-49-46-43-30-27-24-21-18-15-12-9-6-3)81-75(78)69-66-63-60-57-54-51-48-45-42-39-34-32-29-26-23-20-17-14-11-8-5-2/h23,26-27,30,32,34,72H,4-22,24-25,28-29,31,33,35-71H2,1-3H3/b26-23-,30-27-,34-32-. The molecule has 81 heavy (non-hydrogen) atoms. The van der Waals surface area contributed by atoms with Gasteiger partial charge in [0.05, 0.1) is 0 Å². The molecule has 1 atom stereocenters. The quantitative estimate of drug-likeness (QED) is 0.0261. The number of carbonyl (C=O) groups is 3. The molecule has 0 aromatic rings. The first-order valence-corrected chi connectivity index (χ1v) is 36.5. The number of esters is 3. The molecule has 0 heterocycles. The summed E-state index contributed by atoms with van der Waals surface area (Å²) in [5, 5.41) is 0. The van der Waals surface area contributed by atoms with Gasteiger partial charge in [-0.3, -0.25) is 14.4 Å². The van der Waals surface area contributed by atoms with Crippen LogP contribution in [0.25, 0.3) is 0 Å². The molecule has 0 bridgehead atoms. The van der Waals surface area contributed by atoms with Gasteiger partial charge in [-0.15, -0.1) is 0 Å². The second kappa shape index (κ2) is 70.1. The number of carbonyl (C=O) groups excluding carboxylic acids is 3. The van der Waals surface area contributed by atoms with E-state index in [4.69, 9.17) is 14.2 Å². The van der Waals surface area contributed by atoms with Crippen LogP contribution in [0.4, 0.5) is 0 Å². The Labute approximate surface area is 506 Å². The lowest BCUT2D eigenvalue weighted by Crippen LogP contribution is -2.30. The molecule has 6 nitrogen and oxygen atoms in total. The Morgan fingerprint density at radius 2 is 0.444 bits per heavy atom. The van der Waals surface area contributed by atoms with Gasteiger partial charge in [0.25, 0.3) is 0 Å². The van der Waals surface area contributed by atoms with Crippen LogP contribution in [0.3, 0.4) is 0 Å². The molecule has 0 aliphatic rings. The van der Waals surface area contributed by atoms with E-state index >= 15 is 0 Å². The van der Waals surface area contributed by atoms with E-state index in [0.717, 1.165) is 64.2 Å². The largest absolute Gasteiger partial charge is 0.462 e. The number of unbranched alkanes of at least 4 members (excludes halogenated alkanes) is 51. The van der Waals surface area contributed by atoms with E-state index in [-0.39, 0.29) is 31.1 Å². The van der Waals surface area contributed by atoms with Gasteiger partial charge in [0.2, 0.25) is 0 Å². The van der Waals surface area contributed by atoms with Crippen molar-refractivity contribution in [1.82, 2.24) is 0 Å². The van der Waals surface area contributed by atoms with Crippen molar-refractivity contribution in [3.8, 4) is 0 Å². The van der Waals surface area contributed by atoms with Crippen LogP contribution in [0, 0.1) is 0 Å². The number of hydrogen-bond acceptors (Lipinski definition) is 6. The molecule has 0 aliphatic heterocycles. The Morgan fingerprint density at radius 1 is 0.247 bits per heavy atom. The molecule has 0 aromatic carbocycles. The SMILES string of the molecule is CCCCCCC/C=C\C/C=C\CCCCCCCCCCCC(=O)OC(COC(=O)CCCCCCCCC/C=C\CCCCCCCC)COC(=O)CCCCCCCCCCCCCCCCCCCCCCCCCCC. The number of allylic oxidation sites excluding steroid dienone is 6. The molecule has 0 aromatic heterocycles. The summed E-state index contributed by atoms with van der Waals surface area (Å²) in [6.07, 6.45) is 87.5. The normalized spacial score (nSPS) is 12.2. The van der Waals surface area contributed by atoms with E-state index in [1.165, 1.54) is 302 Å². The maximum absolute atomic E-state index is 13.0. The molecule has 0 radical (unpaired) electrons. The third-order valence-electron chi connectivity index (χ3n) is 16.6. The lowest BCUT2D eigenvalue weighted by molar-refractivity contribution is -0.167.